The van der Waals surface area contributed by atoms with Crippen LogP contribution in [0.5, 0.6) is 5.75 Å². The van der Waals surface area contributed by atoms with Crippen molar-refractivity contribution >= 4 is 33.4 Å². The van der Waals surface area contributed by atoms with Gasteiger partial charge >= 0.3 is 0 Å². The van der Waals surface area contributed by atoms with Crippen molar-refractivity contribution in [2.75, 3.05) is 31.6 Å². The van der Waals surface area contributed by atoms with Gasteiger partial charge < -0.3 is 10.1 Å². The fourth-order valence-electron chi connectivity index (χ4n) is 3.81. The quantitative estimate of drug-likeness (QED) is 0.487. The molecule has 0 saturated carbocycles. The number of anilines is 1. The van der Waals surface area contributed by atoms with Crippen LogP contribution in [-0.4, -0.2) is 61.6 Å². The second-order valence-corrected chi connectivity index (χ2v) is 9.58. The van der Waals surface area contributed by atoms with E-state index in [1.54, 1.807) is 45.0 Å². The van der Waals surface area contributed by atoms with Crippen molar-refractivity contribution in [2.24, 2.45) is 0 Å². The lowest BCUT2D eigenvalue weighted by atomic mass is 10.1. The highest BCUT2D eigenvalue weighted by Crippen LogP contribution is 2.30. The number of ether oxygens (including phenoxy) is 1. The van der Waals surface area contributed by atoms with E-state index in [9.17, 15) is 22.8 Å². The molecule has 0 fully saturated rings. The molecule has 182 valence electrons. The molecule has 2 aromatic rings. The van der Waals surface area contributed by atoms with Gasteiger partial charge in [-0.3, -0.25) is 19.3 Å². The summed E-state index contributed by atoms with van der Waals surface area (Å²) in [4.78, 5) is 38.7. The van der Waals surface area contributed by atoms with Crippen LogP contribution in [0.4, 0.5) is 5.69 Å². The summed E-state index contributed by atoms with van der Waals surface area (Å²) in [5.41, 5.74) is 0.981. The first-order valence-corrected chi connectivity index (χ1v) is 12.7. The zero-order valence-corrected chi connectivity index (χ0v) is 20.4. The highest BCUT2D eigenvalue weighted by molar-refractivity contribution is 7.89. The zero-order chi connectivity index (χ0) is 24.9. The molecule has 0 radical (unpaired) electrons. The average Bonchev–Trinajstić information content (AvgIpc) is 3.06. The van der Waals surface area contributed by atoms with Gasteiger partial charge in [-0.2, -0.15) is 4.31 Å². The maximum Gasteiger partial charge on any atom is 0.261 e. The molecule has 0 saturated heterocycles. The molecule has 3 amide bonds. The van der Waals surface area contributed by atoms with Crippen LogP contribution in [0.2, 0.25) is 0 Å². The molecule has 1 heterocycles. The Labute approximate surface area is 199 Å². The van der Waals surface area contributed by atoms with Crippen molar-refractivity contribution in [1.82, 2.24) is 9.21 Å². The van der Waals surface area contributed by atoms with Gasteiger partial charge in [-0.15, -0.1) is 0 Å². The third-order valence-electron chi connectivity index (χ3n) is 5.53. The van der Waals surface area contributed by atoms with Gasteiger partial charge in [-0.05, 0) is 43.7 Å². The van der Waals surface area contributed by atoms with Crippen LogP contribution in [0.25, 0.3) is 0 Å². The zero-order valence-electron chi connectivity index (χ0n) is 19.5. The van der Waals surface area contributed by atoms with E-state index in [0.717, 1.165) is 4.90 Å². The number of nitrogens with zero attached hydrogens (tertiary/aromatic N) is 2. The van der Waals surface area contributed by atoms with Crippen molar-refractivity contribution < 1.29 is 27.5 Å². The molecule has 9 nitrogen and oxygen atoms in total. The first-order valence-electron chi connectivity index (χ1n) is 11.3. The number of hydrogen-bond acceptors (Lipinski definition) is 6. The topological polar surface area (TPSA) is 113 Å². The summed E-state index contributed by atoms with van der Waals surface area (Å²) >= 11 is 0. The lowest BCUT2D eigenvalue weighted by molar-refractivity contribution is -0.116. The van der Waals surface area contributed by atoms with Crippen LogP contribution in [-0.2, 0) is 14.8 Å². The summed E-state index contributed by atoms with van der Waals surface area (Å²) in [6, 6.07) is 11.0. The van der Waals surface area contributed by atoms with E-state index < -0.39 is 10.0 Å². The van der Waals surface area contributed by atoms with Crippen molar-refractivity contribution in [2.45, 2.75) is 38.5 Å². The number of benzene rings is 2. The van der Waals surface area contributed by atoms with E-state index in [1.165, 1.54) is 22.5 Å². The third-order valence-corrected chi connectivity index (χ3v) is 7.58. The Balaban J connectivity index is 1.68. The van der Waals surface area contributed by atoms with Gasteiger partial charge in [0.2, 0.25) is 15.9 Å². The van der Waals surface area contributed by atoms with Gasteiger partial charge in [0, 0.05) is 26.1 Å². The number of carbonyl (C=O) groups excluding carboxylic acids is 3. The summed E-state index contributed by atoms with van der Waals surface area (Å²) in [6.45, 7) is 6.39. The number of imide groups is 1. The van der Waals surface area contributed by atoms with Crippen LogP contribution in [0.15, 0.2) is 47.4 Å². The van der Waals surface area contributed by atoms with Crippen LogP contribution >= 0.6 is 0 Å². The molecule has 0 aliphatic carbocycles. The molecule has 1 aliphatic rings. The first kappa shape index (κ1) is 25.4. The molecule has 34 heavy (non-hydrogen) atoms. The minimum Gasteiger partial charge on any atom is -0.492 e. The van der Waals surface area contributed by atoms with E-state index in [-0.39, 0.29) is 47.7 Å². The van der Waals surface area contributed by atoms with E-state index in [4.69, 9.17) is 4.74 Å². The fraction of sp³-hybridized carbons (Fsp3) is 0.375. The summed E-state index contributed by atoms with van der Waals surface area (Å²) in [5, 5.41) is 2.71. The van der Waals surface area contributed by atoms with Crippen LogP contribution < -0.4 is 10.1 Å². The number of sulfonamides is 1. The van der Waals surface area contributed by atoms with Crippen molar-refractivity contribution in [1.29, 1.82) is 0 Å². The van der Waals surface area contributed by atoms with Gasteiger partial charge in [0.1, 0.15) is 5.75 Å². The number of nitrogens with one attached hydrogen (secondary N) is 1. The van der Waals surface area contributed by atoms with Crippen LogP contribution in [0, 0.1) is 0 Å². The Morgan fingerprint density at radius 2 is 1.62 bits per heavy atom. The Hall–Kier alpha value is -3.24. The van der Waals surface area contributed by atoms with Gasteiger partial charge in [0.05, 0.1) is 28.3 Å². The summed E-state index contributed by atoms with van der Waals surface area (Å²) in [7, 11) is -3.71. The summed E-state index contributed by atoms with van der Waals surface area (Å²) < 4.78 is 32.6. The maximum absolute atomic E-state index is 12.9. The van der Waals surface area contributed by atoms with Crippen molar-refractivity contribution in [3.05, 3.63) is 53.6 Å². The van der Waals surface area contributed by atoms with E-state index in [1.807, 2.05) is 0 Å². The largest absolute Gasteiger partial charge is 0.492 e. The Kier molecular flexibility index (Phi) is 8.06. The van der Waals surface area contributed by atoms with Crippen molar-refractivity contribution in [3.8, 4) is 5.75 Å². The predicted octanol–water partition coefficient (Wildman–Crippen LogP) is 3.13. The standard InChI is InChI=1S/C24H29N3O6S/c1-4-26(5-2)34(31,32)17-13-14-21(33-6-3)20(16-17)25-22(28)12-9-15-27-23(29)18-10-7-8-11-19(18)24(27)30/h7-8,10-11,13-14,16H,4-6,9,12,15H2,1-3H3,(H,25,28). The highest BCUT2D eigenvalue weighted by atomic mass is 32.2. The number of rotatable bonds is 11. The Morgan fingerprint density at radius 1 is 1.00 bits per heavy atom. The number of amides is 3. The minimum atomic E-state index is -3.71. The molecule has 2 aromatic carbocycles. The van der Waals surface area contributed by atoms with Gasteiger partial charge in [0.15, 0.2) is 0 Å². The third kappa shape index (κ3) is 5.13. The number of carbonyl (C=O) groups is 3. The fourth-order valence-corrected chi connectivity index (χ4v) is 5.30. The van der Waals surface area contributed by atoms with E-state index >= 15 is 0 Å². The van der Waals surface area contributed by atoms with E-state index in [0.29, 0.717) is 36.6 Å². The molecule has 0 atom stereocenters. The van der Waals surface area contributed by atoms with Gasteiger partial charge in [-0.25, -0.2) is 8.42 Å². The normalized spacial score (nSPS) is 13.4. The maximum atomic E-state index is 12.9. The molecule has 0 bridgehead atoms. The second kappa shape index (κ2) is 10.8. The SMILES string of the molecule is CCOc1ccc(S(=O)(=O)N(CC)CC)cc1NC(=O)CCCN1C(=O)c2ccccc2C1=O. The van der Waals surface area contributed by atoms with Crippen molar-refractivity contribution in [3.63, 3.8) is 0 Å². The molecule has 0 aromatic heterocycles. The number of hydrogen-bond donors (Lipinski definition) is 1. The minimum absolute atomic E-state index is 0.0337. The smallest absolute Gasteiger partial charge is 0.261 e. The van der Waals surface area contributed by atoms with Crippen LogP contribution in [0.3, 0.4) is 0 Å². The lowest BCUT2D eigenvalue weighted by Crippen LogP contribution is -2.31. The lowest BCUT2D eigenvalue weighted by Gasteiger charge is -2.20. The van der Waals surface area contributed by atoms with Crippen LogP contribution in [0.1, 0.15) is 54.3 Å². The van der Waals surface area contributed by atoms with Gasteiger partial charge in [0.25, 0.3) is 11.8 Å². The molecule has 1 N–H and O–H groups in total. The summed E-state index contributed by atoms with van der Waals surface area (Å²) in [5.74, 6) is -0.757. The monoisotopic (exact) mass is 487 g/mol. The molecule has 3 rings (SSSR count). The molecule has 0 unspecified atom stereocenters. The molecule has 10 heteroatoms. The Bertz CT molecular complexity index is 1160. The summed E-state index contributed by atoms with van der Waals surface area (Å²) in [6.07, 6.45) is 0.296. The van der Waals surface area contributed by atoms with Gasteiger partial charge in [-0.1, -0.05) is 26.0 Å². The molecular weight excluding hydrogens is 458 g/mol. The Morgan fingerprint density at radius 3 is 2.18 bits per heavy atom. The molecular formula is C24H29N3O6S. The first-order chi connectivity index (χ1) is 16.2. The molecule has 1 aliphatic heterocycles. The second-order valence-electron chi connectivity index (χ2n) is 7.64. The van der Waals surface area contributed by atoms with E-state index in [2.05, 4.69) is 5.32 Å². The highest BCUT2D eigenvalue weighted by Gasteiger charge is 2.34. The number of fused-ring (bicyclic) bond motifs is 1. The predicted molar refractivity (Wildman–Crippen MR) is 127 cm³/mol. The molecule has 0 spiro atoms. The average molecular weight is 488 g/mol.